The fourth-order valence-electron chi connectivity index (χ4n) is 1.92. The van der Waals surface area contributed by atoms with Gasteiger partial charge in [-0.25, -0.2) is 0 Å². The van der Waals surface area contributed by atoms with E-state index in [-0.39, 0.29) is 12.4 Å². The van der Waals surface area contributed by atoms with E-state index in [0.717, 1.165) is 0 Å². The molecule has 1 aromatic heterocycles. The van der Waals surface area contributed by atoms with E-state index in [2.05, 4.69) is 5.10 Å². The van der Waals surface area contributed by atoms with Gasteiger partial charge in [-0.2, -0.15) is 4.68 Å². The van der Waals surface area contributed by atoms with Crippen LogP contribution in [0.2, 0.25) is 0 Å². The van der Waals surface area contributed by atoms with Gasteiger partial charge in [-0.05, 0) is 29.5 Å². The van der Waals surface area contributed by atoms with E-state index in [4.69, 9.17) is 4.74 Å². The van der Waals surface area contributed by atoms with E-state index < -0.39 is 11.0 Å². The second-order valence-corrected chi connectivity index (χ2v) is 4.41. The summed E-state index contributed by atoms with van der Waals surface area (Å²) >= 11 is 0. The summed E-state index contributed by atoms with van der Waals surface area (Å²) in [6, 6.07) is 7.03. The molecule has 0 aliphatic carbocycles. The molecular formula is C13H15N3O4. The molecule has 0 fully saturated rings. The molecule has 2 rings (SSSR count). The molecule has 0 amide bonds. The average molecular weight is 277 g/mol. The van der Waals surface area contributed by atoms with E-state index in [1.165, 1.54) is 4.68 Å². The van der Waals surface area contributed by atoms with Gasteiger partial charge in [0.1, 0.15) is 11.9 Å². The van der Waals surface area contributed by atoms with E-state index >= 15 is 0 Å². The number of aliphatic hydroxyl groups excluding tert-OH is 1. The number of ether oxygens (including phenoxy) is 1. The first kappa shape index (κ1) is 14.0. The molecule has 1 aromatic carbocycles. The molecule has 0 aliphatic rings. The topological polar surface area (TPSA) is 90.4 Å². The number of methoxy groups -OCH3 is 1. The fraction of sp³-hybridized carbons (Fsp3) is 0.308. The second kappa shape index (κ2) is 5.70. The van der Waals surface area contributed by atoms with Crippen LogP contribution < -0.4 is 4.74 Å². The van der Waals surface area contributed by atoms with Crippen LogP contribution >= 0.6 is 0 Å². The summed E-state index contributed by atoms with van der Waals surface area (Å²) in [6.45, 7) is 1.75. The van der Waals surface area contributed by atoms with E-state index in [1.807, 2.05) is 0 Å². The maximum Gasteiger partial charge on any atom is 0.392 e. The number of benzene rings is 1. The number of hydrogen-bond acceptors (Lipinski definition) is 5. The summed E-state index contributed by atoms with van der Waals surface area (Å²) in [7, 11) is 1.55. The third-order valence-corrected chi connectivity index (χ3v) is 2.93. The van der Waals surface area contributed by atoms with E-state index in [0.29, 0.717) is 16.9 Å². The van der Waals surface area contributed by atoms with Gasteiger partial charge < -0.3 is 20.0 Å². The van der Waals surface area contributed by atoms with Crippen LogP contribution in [-0.2, 0) is 6.54 Å². The Kier molecular flexibility index (Phi) is 3.99. The van der Waals surface area contributed by atoms with Crippen molar-refractivity contribution in [3.05, 3.63) is 51.7 Å². The smallest absolute Gasteiger partial charge is 0.392 e. The molecule has 2 aromatic rings. The predicted octanol–water partition coefficient (Wildman–Crippen LogP) is 1.84. The van der Waals surface area contributed by atoms with Crippen LogP contribution in [-0.4, -0.2) is 26.9 Å². The van der Waals surface area contributed by atoms with Crippen molar-refractivity contribution in [3.63, 3.8) is 0 Å². The molecule has 20 heavy (non-hydrogen) atoms. The Hall–Kier alpha value is -2.41. The third kappa shape index (κ3) is 2.94. The molecule has 106 valence electrons. The van der Waals surface area contributed by atoms with E-state index in [9.17, 15) is 15.2 Å². The Morgan fingerprint density at radius 2 is 2.30 bits per heavy atom. The maximum absolute atomic E-state index is 10.7. The molecule has 0 saturated carbocycles. The average Bonchev–Trinajstić information content (AvgIpc) is 2.79. The summed E-state index contributed by atoms with van der Waals surface area (Å²) in [5, 5.41) is 24.7. The maximum atomic E-state index is 10.7. The molecule has 0 aliphatic heterocycles. The number of hydrogen-bond donors (Lipinski definition) is 1. The second-order valence-electron chi connectivity index (χ2n) is 4.41. The Morgan fingerprint density at radius 1 is 1.55 bits per heavy atom. The minimum atomic E-state index is -0.816. The molecule has 7 heteroatoms. The van der Waals surface area contributed by atoms with Crippen LogP contribution in [0.15, 0.2) is 30.5 Å². The third-order valence-electron chi connectivity index (χ3n) is 2.93. The Bertz CT molecular complexity index is 624. The Morgan fingerprint density at radius 3 is 2.90 bits per heavy atom. The molecule has 1 atom stereocenters. The van der Waals surface area contributed by atoms with Crippen LogP contribution in [0.25, 0.3) is 0 Å². The quantitative estimate of drug-likeness (QED) is 0.665. The summed E-state index contributed by atoms with van der Waals surface area (Å²) in [5.41, 5.74) is 1.13. The minimum Gasteiger partial charge on any atom is -0.497 e. The van der Waals surface area contributed by atoms with Crippen molar-refractivity contribution >= 4 is 5.82 Å². The molecule has 0 radical (unpaired) electrons. The van der Waals surface area contributed by atoms with Crippen molar-refractivity contribution in [2.24, 2.45) is 0 Å². The van der Waals surface area contributed by atoms with Crippen molar-refractivity contribution in [3.8, 4) is 5.75 Å². The lowest BCUT2D eigenvalue weighted by Crippen LogP contribution is -2.09. The molecule has 1 heterocycles. The molecule has 0 spiro atoms. The number of nitro groups is 1. The van der Waals surface area contributed by atoms with Gasteiger partial charge in [0.15, 0.2) is 0 Å². The van der Waals surface area contributed by atoms with Gasteiger partial charge in [0.25, 0.3) is 0 Å². The first-order valence-electron chi connectivity index (χ1n) is 6.01. The van der Waals surface area contributed by atoms with Crippen LogP contribution in [0, 0.1) is 17.0 Å². The molecular weight excluding hydrogens is 262 g/mol. The van der Waals surface area contributed by atoms with Crippen molar-refractivity contribution in [1.82, 2.24) is 9.78 Å². The number of aliphatic hydroxyl groups is 1. The minimum absolute atomic E-state index is 0.141. The Labute approximate surface area is 115 Å². The number of nitrogens with zero attached hydrogens (tertiary/aromatic N) is 3. The van der Waals surface area contributed by atoms with Crippen molar-refractivity contribution in [2.75, 3.05) is 7.11 Å². The monoisotopic (exact) mass is 277 g/mol. The van der Waals surface area contributed by atoms with E-state index in [1.54, 1.807) is 44.5 Å². The van der Waals surface area contributed by atoms with Crippen LogP contribution in [0.3, 0.4) is 0 Å². The van der Waals surface area contributed by atoms with Crippen LogP contribution in [0.1, 0.15) is 17.2 Å². The normalized spacial score (nSPS) is 12.2. The zero-order chi connectivity index (χ0) is 14.7. The molecule has 1 unspecified atom stereocenters. The molecule has 0 bridgehead atoms. The highest BCUT2D eigenvalue weighted by Gasteiger charge is 2.19. The highest BCUT2D eigenvalue weighted by atomic mass is 16.6. The largest absolute Gasteiger partial charge is 0.497 e. The number of aromatic nitrogens is 2. The highest BCUT2D eigenvalue weighted by Crippen LogP contribution is 2.21. The zero-order valence-corrected chi connectivity index (χ0v) is 11.2. The van der Waals surface area contributed by atoms with Gasteiger partial charge in [0.05, 0.1) is 30.5 Å². The van der Waals surface area contributed by atoms with Gasteiger partial charge in [-0.1, -0.05) is 12.1 Å². The summed E-state index contributed by atoms with van der Waals surface area (Å²) in [4.78, 5) is 10.2. The first-order chi connectivity index (χ1) is 9.51. The summed E-state index contributed by atoms with van der Waals surface area (Å²) < 4.78 is 6.46. The predicted molar refractivity (Wildman–Crippen MR) is 71.6 cm³/mol. The van der Waals surface area contributed by atoms with Gasteiger partial charge in [-0.15, -0.1) is 0 Å². The lowest BCUT2D eigenvalue weighted by Gasteiger charge is -2.10. The van der Waals surface area contributed by atoms with Gasteiger partial charge in [0, 0.05) is 0 Å². The highest BCUT2D eigenvalue weighted by molar-refractivity contribution is 5.30. The lowest BCUT2D eigenvalue weighted by atomic mass is 10.1. The van der Waals surface area contributed by atoms with Gasteiger partial charge >= 0.3 is 5.82 Å². The number of aryl methyl sites for hydroxylation is 1. The van der Waals surface area contributed by atoms with Gasteiger partial charge in [0.2, 0.25) is 0 Å². The number of rotatable bonds is 5. The van der Waals surface area contributed by atoms with Gasteiger partial charge in [-0.3, -0.25) is 0 Å². The zero-order valence-electron chi connectivity index (χ0n) is 11.2. The molecule has 0 saturated heterocycles. The van der Waals surface area contributed by atoms with Crippen molar-refractivity contribution in [2.45, 2.75) is 19.6 Å². The van der Waals surface area contributed by atoms with Crippen molar-refractivity contribution in [1.29, 1.82) is 0 Å². The SMILES string of the molecule is COc1cccc(C(O)Cn2cc(C)c([N+](=O)[O-])n2)c1. The summed E-state index contributed by atoms with van der Waals surface area (Å²) in [5.74, 6) is 0.451. The standard InChI is InChI=1S/C13H15N3O4/c1-9-7-15(14-13(9)16(18)19)8-12(17)10-4-3-5-11(6-10)20-2/h3-7,12,17H,8H2,1-2H3. The molecule has 1 N–H and O–H groups in total. The lowest BCUT2D eigenvalue weighted by molar-refractivity contribution is -0.390. The Balaban J connectivity index is 2.16. The van der Waals surface area contributed by atoms with Crippen LogP contribution in [0.4, 0.5) is 5.82 Å². The first-order valence-corrected chi connectivity index (χ1v) is 6.01. The molecule has 7 nitrogen and oxygen atoms in total. The van der Waals surface area contributed by atoms with Crippen LogP contribution in [0.5, 0.6) is 5.75 Å². The van der Waals surface area contributed by atoms with Crippen molar-refractivity contribution < 1.29 is 14.8 Å². The summed E-state index contributed by atoms with van der Waals surface area (Å²) in [6.07, 6.45) is 0.727. The fourth-order valence-corrected chi connectivity index (χ4v) is 1.92.